The Morgan fingerprint density at radius 1 is 1.23 bits per heavy atom. The zero-order valence-corrected chi connectivity index (χ0v) is 16.1. The second-order valence-electron chi connectivity index (χ2n) is 7.73. The van der Waals surface area contributed by atoms with Crippen LogP contribution in [0.4, 0.5) is 0 Å². The fourth-order valence-electron chi connectivity index (χ4n) is 2.70. The predicted octanol–water partition coefficient (Wildman–Crippen LogP) is 2.78. The van der Waals surface area contributed by atoms with Gasteiger partial charge in [-0.3, -0.25) is 9.59 Å². The largest absolute Gasteiger partial charge is 0.376 e. The van der Waals surface area contributed by atoms with E-state index in [-0.39, 0.29) is 29.8 Å². The molecule has 0 saturated carbocycles. The zero-order valence-electron chi connectivity index (χ0n) is 16.1. The lowest BCUT2D eigenvalue weighted by Gasteiger charge is -2.18. The molecule has 0 aromatic heterocycles. The van der Waals surface area contributed by atoms with Crippen LogP contribution < -0.4 is 10.7 Å². The molecule has 6 nitrogen and oxygen atoms in total. The highest BCUT2D eigenvalue weighted by Gasteiger charge is 2.16. The number of nitrogens with zero attached hydrogens (tertiary/aromatic N) is 1. The molecule has 0 unspecified atom stereocenters. The molecule has 1 aliphatic heterocycles. The molecular formula is C20H29N3O3. The van der Waals surface area contributed by atoms with E-state index in [2.05, 4.69) is 36.6 Å². The van der Waals surface area contributed by atoms with E-state index in [0.717, 1.165) is 25.0 Å². The molecule has 2 N–H and O–H groups in total. The van der Waals surface area contributed by atoms with Crippen LogP contribution in [0.3, 0.4) is 0 Å². The first-order valence-electron chi connectivity index (χ1n) is 9.08. The van der Waals surface area contributed by atoms with E-state index in [0.29, 0.717) is 17.8 Å². The molecule has 2 amide bonds. The van der Waals surface area contributed by atoms with Crippen molar-refractivity contribution in [3.63, 3.8) is 0 Å². The van der Waals surface area contributed by atoms with Crippen molar-refractivity contribution in [3.05, 3.63) is 35.4 Å². The predicted molar refractivity (Wildman–Crippen MR) is 102 cm³/mol. The first kappa shape index (κ1) is 20.1. The summed E-state index contributed by atoms with van der Waals surface area (Å²) in [6, 6.07) is 7.47. The van der Waals surface area contributed by atoms with Gasteiger partial charge in [-0.15, -0.1) is 0 Å². The molecule has 1 aliphatic rings. The summed E-state index contributed by atoms with van der Waals surface area (Å²) < 4.78 is 5.46. The molecule has 1 saturated heterocycles. The van der Waals surface area contributed by atoms with Crippen LogP contribution in [-0.2, 0) is 14.9 Å². The van der Waals surface area contributed by atoms with Crippen molar-refractivity contribution in [2.45, 2.75) is 58.5 Å². The van der Waals surface area contributed by atoms with E-state index in [4.69, 9.17) is 4.74 Å². The summed E-state index contributed by atoms with van der Waals surface area (Å²) in [4.78, 5) is 24.1. The molecular weight excluding hydrogens is 330 g/mol. The Morgan fingerprint density at radius 3 is 2.50 bits per heavy atom. The van der Waals surface area contributed by atoms with Gasteiger partial charge < -0.3 is 10.1 Å². The van der Waals surface area contributed by atoms with Crippen molar-refractivity contribution in [2.75, 3.05) is 13.2 Å². The molecule has 1 heterocycles. The van der Waals surface area contributed by atoms with Gasteiger partial charge >= 0.3 is 0 Å². The summed E-state index contributed by atoms with van der Waals surface area (Å²) in [5, 5.41) is 6.85. The number of rotatable bonds is 6. The molecule has 1 atom stereocenters. The smallest absolute Gasteiger partial charge is 0.271 e. The highest BCUT2D eigenvalue weighted by atomic mass is 16.5. The molecule has 6 heteroatoms. The Labute approximate surface area is 155 Å². The Kier molecular flexibility index (Phi) is 6.91. The summed E-state index contributed by atoms with van der Waals surface area (Å²) >= 11 is 0. The summed E-state index contributed by atoms with van der Waals surface area (Å²) in [7, 11) is 0. The lowest BCUT2D eigenvalue weighted by molar-refractivity contribution is -0.120. The monoisotopic (exact) mass is 359 g/mol. The molecule has 0 bridgehead atoms. The number of carbonyl (C=O) groups excluding carboxylic acids is 2. The molecule has 0 spiro atoms. The van der Waals surface area contributed by atoms with E-state index >= 15 is 0 Å². The van der Waals surface area contributed by atoms with Gasteiger partial charge in [0.15, 0.2) is 0 Å². The van der Waals surface area contributed by atoms with Gasteiger partial charge in [0.1, 0.15) is 0 Å². The fourth-order valence-corrected chi connectivity index (χ4v) is 2.70. The number of carbonyl (C=O) groups is 2. The zero-order chi connectivity index (χ0) is 19.2. The average Bonchev–Trinajstić information content (AvgIpc) is 3.11. The quantitative estimate of drug-likeness (QED) is 0.605. The number of benzene rings is 1. The number of ether oxygens (including phenoxy) is 1. The third-order valence-electron chi connectivity index (χ3n) is 4.33. The van der Waals surface area contributed by atoms with Crippen molar-refractivity contribution < 1.29 is 14.3 Å². The van der Waals surface area contributed by atoms with E-state index in [1.807, 2.05) is 12.1 Å². The van der Waals surface area contributed by atoms with E-state index in [1.165, 1.54) is 0 Å². The van der Waals surface area contributed by atoms with Crippen molar-refractivity contribution in [1.82, 2.24) is 10.7 Å². The molecule has 1 aromatic carbocycles. The van der Waals surface area contributed by atoms with Gasteiger partial charge in [0.2, 0.25) is 5.91 Å². The molecule has 0 radical (unpaired) electrons. The molecule has 142 valence electrons. The third kappa shape index (κ3) is 6.26. The van der Waals surface area contributed by atoms with Gasteiger partial charge in [0.05, 0.1) is 12.5 Å². The number of hydrazone groups is 1. The highest BCUT2D eigenvalue weighted by molar-refractivity contribution is 6.01. The third-order valence-corrected chi connectivity index (χ3v) is 4.33. The van der Waals surface area contributed by atoms with Crippen LogP contribution in [-0.4, -0.2) is 36.8 Å². The number of hydrogen-bond donors (Lipinski definition) is 2. The van der Waals surface area contributed by atoms with Crippen LogP contribution in [0.15, 0.2) is 29.4 Å². The maximum Gasteiger partial charge on any atom is 0.271 e. The molecule has 2 rings (SSSR count). The maximum absolute atomic E-state index is 12.2. The van der Waals surface area contributed by atoms with Crippen molar-refractivity contribution in [1.29, 1.82) is 0 Å². The van der Waals surface area contributed by atoms with Gasteiger partial charge in [0.25, 0.3) is 5.91 Å². The molecule has 0 aliphatic carbocycles. The number of hydrogen-bond acceptors (Lipinski definition) is 4. The van der Waals surface area contributed by atoms with Crippen molar-refractivity contribution in [3.8, 4) is 0 Å². The summed E-state index contributed by atoms with van der Waals surface area (Å²) in [6.45, 7) is 9.38. The van der Waals surface area contributed by atoms with Gasteiger partial charge in [-0.1, -0.05) is 32.9 Å². The molecule has 26 heavy (non-hydrogen) atoms. The Morgan fingerprint density at radius 2 is 1.92 bits per heavy atom. The first-order valence-corrected chi connectivity index (χ1v) is 9.08. The van der Waals surface area contributed by atoms with Crippen LogP contribution in [0.5, 0.6) is 0 Å². The molecule has 1 aromatic rings. The normalized spacial score (nSPS) is 17.8. The van der Waals surface area contributed by atoms with E-state index < -0.39 is 0 Å². The van der Waals surface area contributed by atoms with Crippen LogP contribution in [0.1, 0.15) is 62.9 Å². The Balaban J connectivity index is 1.79. The van der Waals surface area contributed by atoms with Gasteiger partial charge in [0, 0.05) is 24.4 Å². The fraction of sp³-hybridized carbons (Fsp3) is 0.550. The van der Waals surface area contributed by atoms with Gasteiger partial charge in [-0.2, -0.15) is 5.10 Å². The lowest BCUT2D eigenvalue weighted by atomic mass is 9.87. The minimum atomic E-state index is -0.287. The Hall–Kier alpha value is -2.21. The van der Waals surface area contributed by atoms with Gasteiger partial charge in [-0.25, -0.2) is 5.43 Å². The van der Waals surface area contributed by atoms with Crippen LogP contribution in [0, 0.1) is 0 Å². The second kappa shape index (κ2) is 8.94. The summed E-state index contributed by atoms with van der Waals surface area (Å²) in [5.41, 5.74) is 4.80. The summed E-state index contributed by atoms with van der Waals surface area (Å²) in [5.74, 6) is -0.407. The van der Waals surface area contributed by atoms with Gasteiger partial charge in [-0.05, 0) is 42.9 Å². The Bertz CT molecular complexity index is 654. The number of nitrogens with one attached hydrogen (secondary N) is 2. The SMILES string of the molecule is C/C(CC(=O)NC[C@H]1CCCO1)=N/NC(=O)c1ccc(C(C)(C)C)cc1. The molecule has 1 fully saturated rings. The minimum absolute atomic E-state index is 0.0423. The van der Waals surface area contributed by atoms with Crippen LogP contribution in [0.2, 0.25) is 0 Å². The van der Waals surface area contributed by atoms with Crippen LogP contribution in [0.25, 0.3) is 0 Å². The lowest BCUT2D eigenvalue weighted by Crippen LogP contribution is -2.33. The highest BCUT2D eigenvalue weighted by Crippen LogP contribution is 2.22. The standard InChI is InChI=1S/C20H29N3O3/c1-14(12-18(24)21-13-17-6-5-11-26-17)22-23-19(25)15-7-9-16(10-8-15)20(2,3)4/h7-10,17H,5-6,11-13H2,1-4H3,(H,21,24)(H,23,25)/b22-14-/t17-/m1/s1. The van der Waals surface area contributed by atoms with E-state index in [1.54, 1.807) is 19.1 Å². The second-order valence-corrected chi connectivity index (χ2v) is 7.73. The van der Waals surface area contributed by atoms with Crippen molar-refractivity contribution in [2.24, 2.45) is 5.10 Å². The minimum Gasteiger partial charge on any atom is -0.376 e. The topological polar surface area (TPSA) is 79.8 Å². The van der Waals surface area contributed by atoms with E-state index in [9.17, 15) is 9.59 Å². The maximum atomic E-state index is 12.2. The van der Waals surface area contributed by atoms with Crippen molar-refractivity contribution >= 4 is 17.5 Å². The first-order chi connectivity index (χ1) is 12.3. The summed E-state index contributed by atoms with van der Waals surface area (Å²) in [6.07, 6.45) is 2.30. The number of amides is 2. The van der Waals surface area contributed by atoms with Crippen LogP contribution >= 0.6 is 0 Å². The average molecular weight is 359 g/mol.